The van der Waals surface area contributed by atoms with E-state index in [4.69, 9.17) is 16.3 Å². The zero-order chi connectivity index (χ0) is 11.5. The summed E-state index contributed by atoms with van der Waals surface area (Å²) < 4.78 is 6.02. The number of rotatable bonds is 4. The Morgan fingerprint density at radius 1 is 1.62 bits per heavy atom. The molecule has 0 radical (unpaired) electrons. The lowest BCUT2D eigenvalue weighted by Gasteiger charge is -2.21. The van der Waals surface area contributed by atoms with Crippen LogP contribution < -0.4 is 5.32 Å². The van der Waals surface area contributed by atoms with E-state index in [1.807, 2.05) is 12.1 Å². The van der Waals surface area contributed by atoms with Crippen molar-refractivity contribution in [3.63, 3.8) is 0 Å². The van der Waals surface area contributed by atoms with Gasteiger partial charge in [-0.15, -0.1) is 11.3 Å². The van der Waals surface area contributed by atoms with Crippen LogP contribution in [0.15, 0.2) is 12.1 Å². The Morgan fingerprint density at radius 2 is 2.44 bits per heavy atom. The van der Waals surface area contributed by atoms with Crippen LogP contribution in [-0.2, 0) is 4.74 Å². The third-order valence-electron chi connectivity index (χ3n) is 2.81. The summed E-state index contributed by atoms with van der Waals surface area (Å²) in [5, 5.41) is 13.1. The van der Waals surface area contributed by atoms with E-state index in [0.717, 1.165) is 10.8 Å². The van der Waals surface area contributed by atoms with Crippen LogP contribution in [0.2, 0.25) is 4.34 Å². The summed E-state index contributed by atoms with van der Waals surface area (Å²) in [5.41, 5.74) is 0. The largest absolute Gasteiger partial charge is 0.389 e. The molecule has 1 aliphatic heterocycles. The van der Waals surface area contributed by atoms with Gasteiger partial charge in [0.05, 0.1) is 29.7 Å². The maximum Gasteiger partial charge on any atom is 0.0948 e. The topological polar surface area (TPSA) is 41.5 Å². The molecule has 0 amide bonds. The fraction of sp³-hybridized carbons (Fsp3) is 0.636. The second kappa shape index (κ2) is 5.47. The standard InChI is InChI=1S/C11H16ClNO2S/c1-2-7(10-3-4-11(12)16-10)13-8-5-15-6-9(8)14/h3-4,7-9,13-14H,2,5-6H2,1H3. The van der Waals surface area contributed by atoms with E-state index < -0.39 is 6.10 Å². The van der Waals surface area contributed by atoms with Crippen LogP contribution in [0.1, 0.15) is 24.3 Å². The van der Waals surface area contributed by atoms with Gasteiger partial charge in [0.25, 0.3) is 0 Å². The number of hydrogen-bond donors (Lipinski definition) is 2. The molecule has 0 aromatic carbocycles. The third kappa shape index (κ3) is 2.76. The van der Waals surface area contributed by atoms with Crippen molar-refractivity contribution >= 4 is 22.9 Å². The number of halogens is 1. The average molecular weight is 262 g/mol. The van der Waals surface area contributed by atoms with Gasteiger partial charge in [-0.05, 0) is 18.6 Å². The van der Waals surface area contributed by atoms with Crippen molar-refractivity contribution in [2.24, 2.45) is 0 Å². The highest BCUT2D eigenvalue weighted by atomic mass is 35.5. The third-order valence-corrected chi connectivity index (χ3v) is 4.16. The summed E-state index contributed by atoms with van der Waals surface area (Å²) in [4.78, 5) is 1.21. The predicted octanol–water partition coefficient (Wildman–Crippen LogP) is 2.20. The maximum absolute atomic E-state index is 9.68. The summed E-state index contributed by atoms with van der Waals surface area (Å²) in [6.07, 6.45) is 0.574. The van der Waals surface area contributed by atoms with E-state index in [-0.39, 0.29) is 12.1 Å². The van der Waals surface area contributed by atoms with Crippen molar-refractivity contribution in [1.82, 2.24) is 5.32 Å². The molecular formula is C11H16ClNO2S. The van der Waals surface area contributed by atoms with E-state index in [0.29, 0.717) is 13.2 Å². The van der Waals surface area contributed by atoms with Crippen molar-refractivity contribution in [3.05, 3.63) is 21.3 Å². The van der Waals surface area contributed by atoms with Crippen molar-refractivity contribution in [1.29, 1.82) is 0 Å². The van der Waals surface area contributed by atoms with E-state index in [1.165, 1.54) is 4.88 Å². The summed E-state index contributed by atoms with van der Waals surface area (Å²) in [5.74, 6) is 0. The zero-order valence-electron chi connectivity index (χ0n) is 9.15. The summed E-state index contributed by atoms with van der Waals surface area (Å²) in [6, 6.07) is 4.23. The number of nitrogens with one attached hydrogen (secondary N) is 1. The Labute approximate surface area is 104 Å². The van der Waals surface area contributed by atoms with Gasteiger partial charge in [0, 0.05) is 10.9 Å². The molecule has 3 nitrogen and oxygen atoms in total. The minimum absolute atomic E-state index is 0.0332. The van der Waals surface area contributed by atoms with Crippen molar-refractivity contribution in [3.8, 4) is 0 Å². The van der Waals surface area contributed by atoms with Gasteiger partial charge in [-0.3, -0.25) is 0 Å². The lowest BCUT2D eigenvalue weighted by molar-refractivity contribution is 0.121. The van der Waals surface area contributed by atoms with Gasteiger partial charge in [0.2, 0.25) is 0 Å². The van der Waals surface area contributed by atoms with Gasteiger partial charge in [-0.1, -0.05) is 18.5 Å². The molecule has 1 fully saturated rings. The number of aliphatic hydroxyl groups is 1. The normalized spacial score (nSPS) is 27.2. The fourth-order valence-corrected chi connectivity index (χ4v) is 3.08. The highest BCUT2D eigenvalue weighted by Crippen LogP contribution is 2.29. The molecule has 0 aliphatic carbocycles. The molecule has 0 spiro atoms. The Hall–Kier alpha value is -0.130. The molecule has 2 rings (SSSR count). The highest BCUT2D eigenvalue weighted by Gasteiger charge is 2.28. The first kappa shape index (κ1) is 12.3. The first-order valence-electron chi connectivity index (χ1n) is 5.47. The number of aliphatic hydroxyl groups excluding tert-OH is 1. The Kier molecular flexibility index (Phi) is 4.21. The maximum atomic E-state index is 9.68. The smallest absolute Gasteiger partial charge is 0.0948 e. The van der Waals surface area contributed by atoms with Gasteiger partial charge in [0.1, 0.15) is 0 Å². The first-order chi connectivity index (χ1) is 7.70. The SMILES string of the molecule is CCC(NC1COCC1O)c1ccc(Cl)s1. The second-order valence-electron chi connectivity index (χ2n) is 3.98. The highest BCUT2D eigenvalue weighted by molar-refractivity contribution is 7.16. The van der Waals surface area contributed by atoms with E-state index in [1.54, 1.807) is 11.3 Å². The second-order valence-corrected chi connectivity index (χ2v) is 5.73. The molecule has 90 valence electrons. The van der Waals surface area contributed by atoms with Crippen LogP contribution in [0, 0.1) is 0 Å². The molecule has 0 saturated carbocycles. The average Bonchev–Trinajstić information content (AvgIpc) is 2.85. The molecule has 1 aromatic rings. The van der Waals surface area contributed by atoms with Crippen LogP contribution >= 0.6 is 22.9 Å². The Morgan fingerprint density at radius 3 is 2.94 bits per heavy atom. The first-order valence-corrected chi connectivity index (χ1v) is 6.67. The molecule has 0 bridgehead atoms. The molecule has 16 heavy (non-hydrogen) atoms. The molecule has 5 heteroatoms. The van der Waals surface area contributed by atoms with Gasteiger partial charge in [-0.25, -0.2) is 0 Å². The van der Waals surface area contributed by atoms with Crippen molar-refractivity contribution < 1.29 is 9.84 Å². The fourth-order valence-electron chi connectivity index (χ4n) is 1.88. The Bertz CT molecular complexity index is 344. The van der Waals surface area contributed by atoms with Gasteiger partial charge >= 0.3 is 0 Å². The van der Waals surface area contributed by atoms with Gasteiger partial charge < -0.3 is 15.2 Å². The molecular weight excluding hydrogens is 246 g/mol. The zero-order valence-corrected chi connectivity index (χ0v) is 10.7. The quantitative estimate of drug-likeness (QED) is 0.873. The van der Waals surface area contributed by atoms with E-state index in [9.17, 15) is 5.11 Å². The molecule has 3 unspecified atom stereocenters. The van der Waals surface area contributed by atoms with Gasteiger partial charge in [-0.2, -0.15) is 0 Å². The van der Waals surface area contributed by atoms with Crippen molar-refractivity contribution in [2.45, 2.75) is 31.5 Å². The monoisotopic (exact) mass is 261 g/mol. The van der Waals surface area contributed by atoms with Crippen LogP contribution in [0.25, 0.3) is 0 Å². The minimum atomic E-state index is -0.399. The van der Waals surface area contributed by atoms with E-state index in [2.05, 4.69) is 12.2 Å². The summed E-state index contributed by atoms with van der Waals surface area (Å²) in [6.45, 7) is 3.13. The molecule has 3 atom stereocenters. The number of thiophene rings is 1. The molecule has 2 heterocycles. The Balaban J connectivity index is 2.00. The summed E-state index contributed by atoms with van der Waals surface area (Å²) >= 11 is 7.51. The van der Waals surface area contributed by atoms with E-state index >= 15 is 0 Å². The molecule has 1 saturated heterocycles. The summed E-state index contributed by atoms with van der Waals surface area (Å²) in [7, 11) is 0. The molecule has 1 aliphatic rings. The van der Waals surface area contributed by atoms with Crippen LogP contribution in [-0.4, -0.2) is 30.5 Å². The molecule has 1 aromatic heterocycles. The molecule has 2 N–H and O–H groups in total. The van der Waals surface area contributed by atoms with Crippen LogP contribution in [0.3, 0.4) is 0 Å². The lowest BCUT2D eigenvalue weighted by atomic mass is 10.1. The number of ether oxygens (including phenoxy) is 1. The van der Waals surface area contributed by atoms with Crippen LogP contribution in [0.4, 0.5) is 0 Å². The van der Waals surface area contributed by atoms with Gasteiger partial charge in [0.15, 0.2) is 0 Å². The number of hydrogen-bond acceptors (Lipinski definition) is 4. The predicted molar refractivity (Wildman–Crippen MR) is 66.1 cm³/mol. The van der Waals surface area contributed by atoms with Crippen molar-refractivity contribution in [2.75, 3.05) is 13.2 Å². The minimum Gasteiger partial charge on any atom is -0.389 e. The van der Waals surface area contributed by atoms with Crippen LogP contribution in [0.5, 0.6) is 0 Å². The lowest BCUT2D eigenvalue weighted by Crippen LogP contribution is -2.40.